The van der Waals surface area contributed by atoms with E-state index in [4.69, 9.17) is 14.2 Å². The van der Waals surface area contributed by atoms with E-state index >= 15 is 0 Å². The molecule has 51 heavy (non-hydrogen) atoms. The first-order valence-corrected chi connectivity index (χ1v) is 17.6. The summed E-state index contributed by atoms with van der Waals surface area (Å²) in [4.78, 5) is 27.5. The number of aliphatic hydroxyl groups excluding tert-OH is 2. The van der Waals surface area contributed by atoms with Gasteiger partial charge in [-0.05, 0) is 96.7 Å². The molecule has 3 aromatic carbocycles. The van der Waals surface area contributed by atoms with Gasteiger partial charge >= 0.3 is 12.2 Å². The Morgan fingerprint density at radius 2 is 1.18 bits per heavy atom. The molecule has 0 aliphatic heterocycles. The average Bonchev–Trinajstić information content (AvgIpc) is 3.04. The molecule has 0 saturated carbocycles. The Labute approximate surface area is 303 Å². The van der Waals surface area contributed by atoms with Crippen LogP contribution in [0.4, 0.5) is 15.3 Å². The van der Waals surface area contributed by atoms with Crippen LogP contribution in [-0.4, -0.2) is 91.2 Å². The normalized spacial score (nSPS) is 14.1. The zero-order chi connectivity index (χ0) is 37.6. The highest BCUT2D eigenvalue weighted by molar-refractivity contribution is 5.68. The molecule has 0 bridgehead atoms. The fourth-order valence-corrected chi connectivity index (χ4v) is 5.22. The Kier molecular flexibility index (Phi) is 15.6. The Balaban J connectivity index is 1.60. The molecule has 2 amide bonds. The van der Waals surface area contributed by atoms with E-state index in [0.717, 1.165) is 16.8 Å². The second-order valence-electron chi connectivity index (χ2n) is 14.9. The number of carbonyl (C=O) groups excluding carboxylic acids is 2. The second-order valence-corrected chi connectivity index (χ2v) is 14.9. The maximum atomic E-state index is 12.8. The van der Waals surface area contributed by atoms with Crippen molar-refractivity contribution in [2.24, 2.45) is 0 Å². The Hall–Kier alpha value is -4.32. The van der Waals surface area contributed by atoms with Crippen molar-refractivity contribution in [3.05, 3.63) is 95.6 Å². The van der Waals surface area contributed by atoms with E-state index in [9.17, 15) is 19.8 Å². The Morgan fingerprint density at radius 3 is 1.65 bits per heavy atom. The molecule has 0 aromatic heterocycles. The molecule has 3 rings (SSSR count). The molecule has 0 fully saturated rings. The monoisotopic (exact) mass is 706 g/mol. The van der Waals surface area contributed by atoms with E-state index in [2.05, 4.69) is 52.0 Å². The maximum Gasteiger partial charge on any atom is 0.407 e. The number of rotatable bonds is 17. The lowest BCUT2D eigenvalue weighted by molar-refractivity contribution is 0.0399. The molecule has 0 heterocycles. The fourth-order valence-electron chi connectivity index (χ4n) is 5.22. The van der Waals surface area contributed by atoms with Crippen molar-refractivity contribution in [1.82, 2.24) is 16.0 Å². The molecule has 11 nitrogen and oxygen atoms in total. The quantitative estimate of drug-likeness (QED) is 0.125. The van der Waals surface area contributed by atoms with Crippen LogP contribution in [0.1, 0.15) is 58.2 Å². The standard InChI is InChI=1S/C40H58N4O7/c1-28-14-18-31(19-15-28)44(8)22-23-49-32-20-16-30(17-21-32)25-34(43-38(48)51-40(5,6)7)36(46)27-41-26-35(45)33(24-29-12-10-9-11-13-29)42-37(47)50-39(2,3)4/h9-21,33-36,41,45-46H,22-27H2,1-8H3,(H,42,47)(H,43,48)/t33-,34-,35+,36+/m0/s1. The number of likely N-dealkylation sites (N-methyl/N-ethyl adjacent to an activating group) is 1. The lowest BCUT2D eigenvalue weighted by atomic mass is 10.00. The predicted molar refractivity (Wildman–Crippen MR) is 201 cm³/mol. The largest absolute Gasteiger partial charge is 0.492 e. The summed E-state index contributed by atoms with van der Waals surface area (Å²) in [6.45, 7) is 14.0. The highest BCUT2D eigenvalue weighted by atomic mass is 16.6. The van der Waals surface area contributed by atoms with E-state index in [1.54, 1.807) is 41.5 Å². The van der Waals surface area contributed by atoms with Gasteiger partial charge in [0.1, 0.15) is 23.6 Å². The van der Waals surface area contributed by atoms with Crippen LogP contribution in [0.15, 0.2) is 78.9 Å². The van der Waals surface area contributed by atoms with Gasteiger partial charge in [0.25, 0.3) is 0 Å². The minimum atomic E-state index is -1.04. The first kappa shape index (κ1) is 41.1. The van der Waals surface area contributed by atoms with Gasteiger partial charge in [-0.3, -0.25) is 0 Å². The molecule has 5 N–H and O–H groups in total. The van der Waals surface area contributed by atoms with Crippen molar-refractivity contribution in [3.63, 3.8) is 0 Å². The molecule has 0 saturated heterocycles. The van der Waals surface area contributed by atoms with Crippen LogP contribution in [0.2, 0.25) is 0 Å². The smallest absolute Gasteiger partial charge is 0.407 e. The van der Waals surface area contributed by atoms with Crippen LogP contribution in [-0.2, 0) is 22.3 Å². The summed E-state index contributed by atoms with van der Waals surface area (Å²) in [6.07, 6.45) is -2.63. The van der Waals surface area contributed by atoms with Crippen LogP contribution < -0.4 is 25.6 Å². The highest BCUT2D eigenvalue weighted by Crippen LogP contribution is 2.17. The lowest BCUT2D eigenvalue weighted by Crippen LogP contribution is -2.53. The molecule has 280 valence electrons. The van der Waals surface area contributed by atoms with Gasteiger partial charge in [-0.1, -0.05) is 60.2 Å². The minimum Gasteiger partial charge on any atom is -0.492 e. The van der Waals surface area contributed by atoms with Crippen molar-refractivity contribution >= 4 is 17.9 Å². The third kappa shape index (κ3) is 16.1. The van der Waals surface area contributed by atoms with Gasteiger partial charge in [-0.25, -0.2) is 9.59 Å². The molecule has 0 aliphatic rings. The van der Waals surface area contributed by atoms with Crippen LogP contribution in [0, 0.1) is 6.92 Å². The van der Waals surface area contributed by atoms with Crippen molar-refractivity contribution in [2.45, 2.75) is 96.8 Å². The summed E-state index contributed by atoms with van der Waals surface area (Å²) < 4.78 is 16.9. The van der Waals surface area contributed by atoms with E-state index in [1.165, 1.54) is 5.56 Å². The number of nitrogens with zero attached hydrogens (tertiary/aromatic N) is 1. The van der Waals surface area contributed by atoms with Gasteiger partial charge in [0, 0.05) is 25.8 Å². The number of hydrogen-bond donors (Lipinski definition) is 5. The number of hydrogen-bond acceptors (Lipinski definition) is 9. The van der Waals surface area contributed by atoms with E-state index in [-0.39, 0.29) is 13.1 Å². The highest BCUT2D eigenvalue weighted by Gasteiger charge is 2.28. The minimum absolute atomic E-state index is 0.0533. The molecular weight excluding hydrogens is 648 g/mol. The summed E-state index contributed by atoms with van der Waals surface area (Å²) in [7, 11) is 2.03. The number of carbonyl (C=O) groups is 2. The molecule has 0 spiro atoms. The van der Waals surface area contributed by atoms with Gasteiger partial charge in [0.15, 0.2) is 0 Å². The number of amides is 2. The summed E-state index contributed by atoms with van der Waals surface area (Å²) in [5.41, 5.74) is 2.73. The molecular formula is C40H58N4O7. The Bertz CT molecular complexity index is 1470. The van der Waals surface area contributed by atoms with E-state index in [1.807, 2.05) is 61.6 Å². The summed E-state index contributed by atoms with van der Waals surface area (Å²) in [5, 5.41) is 31.1. The van der Waals surface area contributed by atoms with Gasteiger partial charge in [0.05, 0.1) is 30.8 Å². The van der Waals surface area contributed by atoms with E-state index in [0.29, 0.717) is 31.7 Å². The fraction of sp³-hybridized carbons (Fsp3) is 0.500. The second kappa shape index (κ2) is 19.3. The van der Waals surface area contributed by atoms with Gasteiger partial charge < -0.3 is 45.3 Å². The average molecular weight is 707 g/mol. The predicted octanol–water partition coefficient (Wildman–Crippen LogP) is 5.39. The lowest BCUT2D eigenvalue weighted by Gasteiger charge is -2.29. The number of ether oxygens (including phenoxy) is 3. The van der Waals surface area contributed by atoms with Gasteiger partial charge in [0.2, 0.25) is 0 Å². The summed E-state index contributed by atoms with van der Waals surface area (Å²) in [5.74, 6) is 0.717. The van der Waals surface area contributed by atoms with Crippen molar-refractivity contribution in [3.8, 4) is 5.75 Å². The topological polar surface area (TPSA) is 142 Å². The number of nitrogens with one attached hydrogen (secondary N) is 3. The third-order valence-electron chi connectivity index (χ3n) is 7.89. The summed E-state index contributed by atoms with van der Waals surface area (Å²) >= 11 is 0. The molecule has 3 aromatic rings. The van der Waals surface area contributed by atoms with Crippen molar-refractivity contribution < 1.29 is 34.0 Å². The molecule has 4 atom stereocenters. The van der Waals surface area contributed by atoms with Gasteiger partial charge in [-0.15, -0.1) is 0 Å². The molecule has 0 radical (unpaired) electrons. The first-order chi connectivity index (χ1) is 24.0. The van der Waals surface area contributed by atoms with Crippen molar-refractivity contribution in [2.75, 3.05) is 38.2 Å². The molecule has 0 aliphatic carbocycles. The molecule has 0 unspecified atom stereocenters. The number of aryl methyl sites for hydroxylation is 1. The number of benzene rings is 3. The van der Waals surface area contributed by atoms with Crippen LogP contribution in [0.25, 0.3) is 0 Å². The maximum absolute atomic E-state index is 12.8. The van der Waals surface area contributed by atoms with Crippen molar-refractivity contribution in [1.29, 1.82) is 0 Å². The Morgan fingerprint density at radius 1 is 0.706 bits per heavy atom. The zero-order valence-corrected chi connectivity index (χ0v) is 31.4. The van der Waals surface area contributed by atoms with Crippen LogP contribution in [0.3, 0.4) is 0 Å². The third-order valence-corrected chi connectivity index (χ3v) is 7.89. The number of aliphatic hydroxyl groups is 2. The van der Waals surface area contributed by atoms with E-state index < -0.39 is 47.7 Å². The van der Waals surface area contributed by atoms with Gasteiger partial charge in [-0.2, -0.15) is 0 Å². The van der Waals surface area contributed by atoms with Crippen LogP contribution >= 0.6 is 0 Å². The summed E-state index contributed by atoms with van der Waals surface area (Å²) in [6, 6.07) is 24.1. The molecule has 11 heteroatoms. The number of alkyl carbamates (subject to hydrolysis) is 2. The first-order valence-electron chi connectivity index (χ1n) is 17.6. The zero-order valence-electron chi connectivity index (χ0n) is 31.4. The SMILES string of the molecule is Cc1ccc(N(C)CCOc2ccc(C[C@H](NC(=O)OC(C)(C)C)[C@H](O)CNC[C@@H](O)[C@H](Cc3ccccc3)NC(=O)OC(C)(C)C)cc2)cc1. The number of anilines is 1. The van der Waals surface area contributed by atoms with Crippen LogP contribution in [0.5, 0.6) is 5.75 Å².